The van der Waals surface area contributed by atoms with E-state index in [1.54, 1.807) is 0 Å². The predicted molar refractivity (Wildman–Crippen MR) is 75.6 cm³/mol. The van der Waals surface area contributed by atoms with Gasteiger partial charge in [-0.2, -0.15) is 0 Å². The Morgan fingerprint density at radius 3 is 2.68 bits per heavy atom. The van der Waals surface area contributed by atoms with Crippen LogP contribution in [0.15, 0.2) is 36.4 Å². The van der Waals surface area contributed by atoms with Crippen LogP contribution < -0.4 is 5.73 Å². The number of aromatic nitrogens is 2. The fourth-order valence-electron chi connectivity index (χ4n) is 1.91. The summed E-state index contributed by atoms with van der Waals surface area (Å²) in [6.45, 7) is 3.30. The maximum absolute atomic E-state index is 5.63. The van der Waals surface area contributed by atoms with Crippen molar-refractivity contribution < 1.29 is 4.74 Å². The molecule has 0 atom stereocenters. The molecule has 100 valence electrons. The Bertz CT molecular complexity index is 494. The van der Waals surface area contributed by atoms with Crippen molar-refractivity contribution in [2.75, 3.05) is 12.3 Å². The van der Waals surface area contributed by atoms with Crippen molar-refractivity contribution in [3.63, 3.8) is 0 Å². The Labute approximate surface area is 113 Å². The van der Waals surface area contributed by atoms with E-state index >= 15 is 0 Å². The molecule has 0 saturated carbocycles. The van der Waals surface area contributed by atoms with Crippen LogP contribution in [0.2, 0.25) is 0 Å². The first-order valence-corrected chi connectivity index (χ1v) is 6.46. The second-order valence-electron chi connectivity index (χ2n) is 4.50. The van der Waals surface area contributed by atoms with E-state index < -0.39 is 0 Å². The molecule has 4 heteroatoms. The van der Waals surface area contributed by atoms with Gasteiger partial charge in [0.1, 0.15) is 0 Å². The highest BCUT2D eigenvalue weighted by molar-refractivity contribution is 5.21. The molecule has 19 heavy (non-hydrogen) atoms. The summed E-state index contributed by atoms with van der Waals surface area (Å²) >= 11 is 0. The van der Waals surface area contributed by atoms with Crippen LogP contribution in [-0.2, 0) is 17.8 Å². The summed E-state index contributed by atoms with van der Waals surface area (Å²) in [5, 5.41) is 0. The van der Waals surface area contributed by atoms with E-state index in [1.165, 1.54) is 5.56 Å². The molecule has 4 nitrogen and oxygen atoms in total. The van der Waals surface area contributed by atoms with Gasteiger partial charge in [0, 0.05) is 18.0 Å². The van der Waals surface area contributed by atoms with Crippen LogP contribution >= 0.6 is 0 Å². The van der Waals surface area contributed by atoms with Crippen LogP contribution in [0.5, 0.6) is 0 Å². The van der Waals surface area contributed by atoms with Gasteiger partial charge >= 0.3 is 0 Å². The molecule has 2 rings (SSSR count). The van der Waals surface area contributed by atoms with Gasteiger partial charge in [0.25, 0.3) is 0 Å². The van der Waals surface area contributed by atoms with Crippen molar-refractivity contribution in [3.05, 3.63) is 53.3 Å². The molecule has 0 amide bonds. The Kier molecular flexibility index (Phi) is 4.86. The molecule has 1 aromatic carbocycles. The molecule has 0 bridgehead atoms. The van der Waals surface area contributed by atoms with Crippen molar-refractivity contribution in [3.8, 4) is 0 Å². The lowest BCUT2D eigenvalue weighted by atomic mass is 10.2. The van der Waals surface area contributed by atoms with Gasteiger partial charge < -0.3 is 10.5 Å². The topological polar surface area (TPSA) is 61.0 Å². The molecule has 0 aliphatic rings. The minimum atomic E-state index is 0.347. The van der Waals surface area contributed by atoms with E-state index in [1.807, 2.05) is 31.2 Å². The fourth-order valence-corrected chi connectivity index (χ4v) is 1.91. The van der Waals surface area contributed by atoms with Crippen LogP contribution in [0.25, 0.3) is 0 Å². The molecule has 0 aliphatic carbocycles. The summed E-state index contributed by atoms with van der Waals surface area (Å²) in [5.74, 6) is 0.347. The van der Waals surface area contributed by atoms with Gasteiger partial charge in [-0.3, -0.25) is 0 Å². The number of hydrogen-bond donors (Lipinski definition) is 1. The van der Waals surface area contributed by atoms with E-state index in [9.17, 15) is 0 Å². The zero-order chi connectivity index (χ0) is 13.5. The maximum Gasteiger partial charge on any atom is 0.220 e. The van der Waals surface area contributed by atoms with E-state index in [2.05, 4.69) is 22.1 Å². The van der Waals surface area contributed by atoms with Gasteiger partial charge in [-0.05, 0) is 31.4 Å². The Morgan fingerprint density at radius 2 is 1.95 bits per heavy atom. The molecule has 0 saturated heterocycles. The van der Waals surface area contributed by atoms with Crippen molar-refractivity contribution in [2.45, 2.75) is 26.4 Å². The highest BCUT2D eigenvalue weighted by Crippen LogP contribution is 2.06. The van der Waals surface area contributed by atoms with Gasteiger partial charge in [-0.15, -0.1) is 0 Å². The summed E-state index contributed by atoms with van der Waals surface area (Å²) in [4.78, 5) is 8.25. The summed E-state index contributed by atoms with van der Waals surface area (Å²) in [6, 6.07) is 12.1. The lowest BCUT2D eigenvalue weighted by Crippen LogP contribution is -2.03. The highest BCUT2D eigenvalue weighted by Gasteiger charge is 1.99. The average Bonchev–Trinajstić information content (AvgIpc) is 2.38. The van der Waals surface area contributed by atoms with Crippen LogP contribution in [0.4, 0.5) is 5.95 Å². The third kappa shape index (κ3) is 4.67. The Balaban J connectivity index is 1.69. The number of nitrogen functional groups attached to an aromatic ring is 1. The van der Waals surface area contributed by atoms with Crippen molar-refractivity contribution in [1.82, 2.24) is 9.97 Å². The molecular weight excluding hydrogens is 238 g/mol. The molecule has 1 aromatic heterocycles. The quantitative estimate of drug-likeness (QED) is 0.808. The van der Waals surface area contributed by atoms with E-state index in [4.69, 9.17) is 10.5 Å². The molecule has 1 heterocycles. The largest absolute Gasteiger partial charge is 0.377 e. The average molecular weight is 257 g/mol. The van der Waals surface area contributed by atoms with Gasteiger partial charge in [-0.25, -0.2) is 9.97 Å². The minimum absolute atomic E-state index is 0.347. The number of aryl methyl sites for hydroxylation is 2. The third-order valence-electron chi connectivity index (χ3n) is 2.76. The first kappa shape index (κ1) is 13.5. The zero-order valence-corrected chi connectivity index (χ0v) is 11.2. The summed E-state index contributed by atoms with van der Waals surface area (Å²) in [5.41, 5.74) is 8.70. The van der Waals surface area contributed by atoms with Crippen LogP contribution in [0, 0.1) is 6.92 Å². The molecule has 0 aliphatic heterocycles. The number of ether oxygens (including phenoxy) is 1. The first-order chi connectivity index (χ1) is 9.24. The monoisotopic (exact) mass is 257 g/mol. The fraction of sp³-hybridized carbons (Fsp3) is 0.333. The molecule has 2 N–H and O–H groups in total. The van der Waals surface area contributed by atoms with Crippen LogP contribution in [0.3, 0.4) is 0 Å². The second kappa shape index (κ2) is 6.85. The van der Waals surface area contributed by atoms with E-state index in [0.717, 1.165) is 30.8 Å². The van der Waals surface area contributed by atoms with E-state index in [0.29, 0.717) is 12.6 Å². The lowest BCUT2D eigenvalue weighted by molar-refractivity contribution is 0.118. The number of nitrogens with zero attached hydrogens (tertiary/aromatic N) is 2. The molecule has 0 unspecified atom stereocenters. The lowest BCUT2D eigenvalue weighted by Gasteiger charge is -2.05. The second-order valence-corrected chi connectivity index (χ2v) is 4.50. The first-order valence-electron chi connectivity index (χ1n) is 6.46. The third-order valence-corrected chi connectivity index (χ3v) is 2.76. The molecule has 0 fully saturated rings. The zero-order valence-electron chi connectivity index (χ0n) is 11.2. The van der Waals surface area contributed by atoms with Gasteiger partial charge in [0.05, 0.1) is 6.61 Å². The number of anilines is 1. The van der Waals surface area contributed by atoms with E-state index in [-0.39, 0.29) is 0 Å². The highest BCUT2D eigenvalue weighted by atomic mass is 16.5. The van der Waals surface area contributed by atoms with Crippen molar-refractivity contribution in [1.29, 1.82) is 0 Å². The van der Waals surface area contributed by atoms with Crippen molar-refractivity contribution >= 4 is 5.95 Å². The maximum atomic E-state index is 5.63. The molecule has 0 spiro atoms. The number of benzene rings is 1. The Morgan fingerprint density at radius 1 is 1.16 bits per heavy atom. The normalized spacial score (nSPS) is 10.6. The van der Waals surface area contributed by atoms with Crippen LogP contribution in [-0.4, -0.2) is 16.6 Å². The summed E-state index contributed by atoms with van der Waals surface area (Å²) < 4.78 is 5.63. The number of rotatable bonds is 6. The summed E-state index contributed by atoms with van der Waals surface area (Å²) in [7, 11) is 0. The number of nitrogens with two attached hydrogens (primary N) is 1. The molecule has 0 radical (unpaired) electrons. The van der Waals surface area contributed by atoms with Gasteiger partial charge in [0.15, 0.2) is 0 Å². The molecular formula is C15H19N3O. The standard InChI is InChI=1S/C15H19N3O/c1-12-10-14(18-15(16)17-12)8-5-9-19-11-13-6-3-2-4-7-13/h2-4,6-7,10H,5,8-9,11H2,1H3,(H2,16,17,18). The molecule has 2 aromatic rings. The predicted octanol–water partition coefficient (Wildman–Crippen LogP) is 2.52. The van der Waals surface area contributed by atoms with Crippen LogP contribution in [0.1, 0.15) is 23.4 Å². The SMILES string of the molecule is Cc1cc(CCCOCc2ccccc2)nc(N)n1. The van der Waals surface area contributed by atoms with Crippen molar-refractivity contribution in [2.24, 2.45) is 0 Å². The smallest absolute Gasteiger partial charge is 0.220 e. The van der Waals surface area contributed by atoms with Gasteiger partial charge in [0.2, 0.25) is 5.95 Å². The minimum Gasteiger partial charge on any atom is -0.377 e. The summed E-state index contributed by atoms with van der Waals surface area (Å²) in [6.07, 6.45) is 1.80. The van der Waals surface area contributed by atoms with Gasteiger partial charge in [-0.1, -0.05) is 30.3 Å². The Hall–Kier alpha value is -1.94. The number of hydrogen-bond acceptors (Lipinski definition) is 4.